The van der Waals surface area contributed by atoms with Crippen LogP contribution < -0.4 is 4.74 Å². The summed E-state index contributed by atoms with van der Waals surface area (Å²) in [7, 11) is 1.54. The van der Waals surface area contributed by atoms with Gasteiger partial charge in [0.25, 0.3) is 5.91 Å². The van der Waals surface area contributed by atoms with Crippen LogP contribution in [0.5, 0.6) is 5.88 Å². The van der Waals surface area contributed by atoms with Gasteiger partial charge in [0, 0.05) is 30.6 Å². The van der Waals surface area contributed by atoms with E-state index in [1.165, 1.54) is 10.7 Å². The molecule has 0 radical (unpaired) electrons. The van der Waals surface area contributed by atoms with E-state index in [0.29, 0.717) is 23.3 Å². The summed E-state index contributed by atoms with van der Waals surface area (Å²) in [6.45, 7) is 5.83. The normalized spacial score (nSPS) is 15.8. The summed E-state index contributed by atoms with van der Waals surface area (Å²) in [5.74, 6) is 1.32. The second kappa shape index (κ2) is 7.30. The molecule has 3 heterocycles. The molecular weight excluding hydrogens is 322 g/mol. The predicted octanol–water partition coefficient (Wildman–Crippen LogP) is 3.69. The van der Waals surface area contributed by atoms with E-state index in [9.17, 15) is 4.79 Å². The summed E-state index contributed by atoms with van der Waals surface area (Å²) in [6, 6.07) is 3.54. The van der Waals surface area contributed by atoms with Crippen LogP contribution in [0.2, 0.25) is 0 Å². The number of rotatable bonds is 4. The fraction of sp³-hybridized carbons (Fsp3) is 0.500. The Kier molecular flexibility index (Phi) is 5.14. The molecule has 2 aromatic heterocycles. The number of likely N-dealkylation sites (tertiary alicyclic amines) is 1. The number of carbonyl (C=O) groups excluding carboxylic acids is 1. The fourth-order valence-electron chi connectivity index (χ4n) is 2.97. The van der Waals surface area contributed by atoms with E-state index in [0.717, 1.165) is 25.9 Å². The first kappa shape index (κ1) is 16.9. The van der Waals surface area contributed by atoms with Crippen LogP contribution in [0.25, 0.3) is 0 Å². The zero-order chi connectivity index (χ0) is 17.1. The highest BCUT2D eigenvalue weighted by atomic mass is 32.1. The van der Waals surface area contributed by atoms with Crippen molar-refractivity contribution in [3.8, 4) is 5.88 Å². The van der Waals surface area contributed by atoms with Gasteiger partial charge in [-0.15, -0.1) is 11.3 Å². The number of amides is 1. The molecule has 2 aromatic rings. The molecule has 1 amide bonds. The SMILES string of the molecule is COc1ncccc1C(=O)N1CCC(c2nc(C(C)C)cs2)CC1. The van der Waals surface area contributed by atoms with Crippen molar-refractivity contribution in [2.75, 3.05) is 20.2 Å². The van der Waals surface area contributed by atoms with Gasteiger partial charge >= 0.3 is 0 Å². The van der Waals surface area contributed by atoms with Gasteiger partial charge in [0.1, 0.15) is 5.56 Å². The molecule has 5 nitrogen and oxygen atoms in total. The van der Waals surface area contributed by atoms with Gasteiger partial charge in [-0.3, -0.25) is 4.79 Å². The minimum atomic E-state index is 0.000378. The first-order chi connectivity index (χ1) is 11.6. The Hall–Kier alpha value is -1.95. The maximum atomic E-state index is 12.7. The molecule has 24 heavy (non-hydrogen) atoms. The van der Waals surface area contributed by atoms with Crippen molar-refractivity contribution >= 4 is 17.2 Å². The summed E-state index contributed by atoms with van der Waals surface area (Å²) in [5.41, 5.74) is 1.71. The van der Waals surface area contributed by atoms with Crippen molar-refractivity contribution in [2.45, 2.75) is 38.5 Å². The van der Waals surface area contributed by atoms with Crippen LogP contribution in [0.1, 0.15) is 59.6 Å². The quantitative estimate of drug-likeness (QED) is 0.848. The molecule has 1 aliphatic heterocycles. The highest BCUT2D eigenvalue weighted by Gasteiger charge is 2.28. The third kappa shape index (κ3) is 3.43. The van der Waals surface area contributed by atoms with Gasteiger partial charge in [0.15, 0.2) is 0 Å². The highest BCUT2D eigenvalue weighted by Crippen LogP contribution is 2.32. The van der Waals surface area contributed by atoms with Crippen LogP contribution in [0, 0.1) is 0 Å². The maximum Gasteiger partial charge on any atom is 0.259 e. The smallest absolute Gasteiger partial charge is 0.259 e. The molecule has 0 spiro atoms. The fourth-order valence-corrected chi connectivity index (χ4v) is 4.12. The molecule has 0 N–H and O–H groups in total. The van der Waals surface area contributed by atoms with Crippen molar-refractivity contribution < 1.29 is 9.53 Å². The largest absolute Gasteiger partial charge is 0.480 e. The van der Waals surface area contributed by atoms with Gasteiger partial charge in [0.05, 0.1) is 17.8 Å². The molecule has 1 fully saturated rings. The zero-order valence-corrected chi connectivity index (χ0v) is 15.2. The number of pyridine rings is 1. The Labute approximate surface area is 146 Å². The lowest BCUT2D eigenvalue weighted by Gasteiger charge is -2.31. The molecule has 0 atom stereocenters. The molecule has 128 valence electrons. The average molecular weight is 345 g/mol. The van der Waals surface area contributed by atoms with Crippen LogP contribution >= 0.6 is 11.3 Å². The lowest BCUT2D eigenvalue weighted by atomic mass is 9.97. The third-order valence-electron chi connectivity index (χ3n) is 4.46. The van der Waals surface area contributed by atoms with Gasteiger partial charge in [-0.1, -0.05) is 13.8 Å². The van der Waals surface area contributed by atoms with E-state index in [4.69, 9.17) is 9.72 Å². The molecule has 6 heteroatoms. The predicted molar refractivity (Wildman–Crippen MR) is 94.9 cm³/mol. The first-order valence-electron chi connectivity index (χ1n) is 8.33. The van der Waals surface area contributed by atoms with E-state index in [1.807, 2.05) is 4.90 Å². The lowest BCUT2D eigenvalue weighted by molar-refractivity contribution is 0.0708. The zero-order valence-electron chi connectivity index (χ0n) is 14.4. The van der Waals surface area contributed by atoms with E-state index in [2.05, 4.69) is 24.2 Å². The lowest BCUT2D eigenvalue weighted by Crippen LogP contribution is -2.38. The van der Waals surface area contributed by atoms with Crippen molar-refractivity contribution in [3.63, 3.8) is 0 Å². The van der Waals surface area contributed by atoms with Crippen LogP contribution in [0.4, 0.5) is 0 Å². The number of aromatic nitrogens is 2. The summed E-state index contributed by atoms with van der Waals surface area (Å²) in [4.78, 5) is 23.5. The molecule has 0 saturated carbocycles. The van der Waals surface area contributed by atoms with E-state index in [-0.39, 0.29) is 5.91 Å². The van der Waals surface area contributed by atoms with Crippen LogP contribution in [0.15, 0.2) is 23.7 Å². The molecule has 0 aliphatic carbocycles. The van der Waals surface area contributed by atoms with Crippen LogP contribution in [0.3, 0.4) is 0 Å². The number of carbonyl (C=O) groups is 1. The third-order valence-corrected chi connectivity index (χ3v) is 5.48. The van der Waals surface area contributed by atoms with Gasteiger partial charge in [-0.25, -0.2) is 9.97 Å². The Morgan fingerprint density at radius 2 is 2.12 bits per heavy atom. The molecule has 0 aromatic carbocycles. The second-order valence-corrected chi connectivity index (χ2v) is 7.28. The topological polar surface area (TPSA) is 55.3 Å². The second-order valence-electron chi connectivity index (χ2n) is 6.39. The van der Waals surface area contributed by atoms with Gasteiger partial charge in [-0.05, 0) is 30.9 Å². The highest BCUT2D eigenvalue weighted by molar-refractivity contribution is 7.09. The van der Waals surface area contributed by atoms with Crippen molar-refractivity contribution in [1.29, 1.82) is 0 Å². The Morgan fingerprint density at radius 1 is 1.38 bits per heavy atom. The number of piperidine rings is 1. The minimum Gasteiger partial charge on any atom is -0.480 e. The van der Waals surface area contributed by atoms with Crippen LogP contribution in [-0.2, 0) is 0 Å². The Balaban J connectivity index is 1.65. The van der Waals surface area contributed by atoms with E-state index in [1.54, 1.807) is 36.8 Å². The monoisotopic (exact) mass is 345 g/mol. The van der Waals surface area contributed by atoms with Crippen molar-refractivity contribution in [1.82, 2.24) is 14.9 Å². The Bertz CT molecular complexity index is 706. The number of methoxy groups -OCH3 is 1. The number of thiazole rings is 1. The molecule has 0 bridgehead atoms. The summed E-state index contributed by atoms with van der Waals surface area (Å²) < 4.78 is 5.21. The van der Waals surface area contributed by atoms with Crippen molar-refractivity contribution in [3.05, 3.63) is 40.0 Å². The average Bonchev–Trinajstić information content (AvgIpc) is 3.11. The number of hydrogen-bond acceptors (Lipinski definition) is 5. The van der Waals surface area contributed by atoms with E-state index < -0.39 is 0 Å². The summed E-state index contributed by atoms with van der Waals surface area (Å²) in [5, 5.41) is 3.38. The summed E-state index contributed by atoms with van der Waals surface area (Å²) in [6.07, 6.45) is 3.55. The summed E-state index contributed by atoms with van der Waals surface area (Å²) >= 11 is 1.75. The van der Waals surface area contributed by atoms with Gasteiger partial charge < -0.3 is 9.64 Å². The minimum absolute atomic E-state index is 0.000378. The first-order valence-corrected chi connectivity index (χ1v) is 9.21. The maximum absolute atomic E-state index is 12.7. The molecule has 0 unspecified atom stereocenters. The molecular formula is C18H23N3O2S. The number of ether oxygens (including phenoxy) is 1. The van der Waals surface area contributed by atoms with Gasteiger partial charge in [-0.2, -0.15) is 0 Å². The van der Waals surface area contributed by atoms with E-state index >= 15 is 0 Å². The molecule has 1 saturated heterocycles. The Morgan fingerprint density at radius 3 is 2.75 bits per heavy atom. The van der Waals surface area contributed by atoms with Crippen molar-refractivity contribution in [2.24, 2.45) is 0 Å². The molecule has 3 rings (SSSR count). The van der Waals surface area contributed by atoms with Gasteiger partial charge in [0.2, 0.25) is 5.88 Å². The number of nitrogens with zero attached hydrogens (tertiary/aromatic N) is 3. The van der Waals surface area contributed by atoms with Crippen LogP contribution in [-0.4, -0.2) is 41.0 Å². The standard InChI is InChI=1S/C18H23N3O2S/c1-12(2)15-11-24-17(20-15)13-6-9-21(10-7-13)18(22)14-5-4-8-19-16(14)23-3/h4-5,8,11-13H,6-7,9-10H2,1-3H3. The molecule has 1 aliphatic rings. The number of hydrogen-bond donors (Lipinski definition) is 0.